The molecule has 0 radical (unpaired) electrons. The van der Waals surface area contributed by atoms with Crippen molar-refractivity contribution in [3.8, 4) is 0 Å². The van der Waals surface area contributed by atoms with Crippen LogP contribution >= 0.6 is 23.2 Å². The van der Waals surface area contributed by atoms with E-state index in [1.165, 1.54) is 0 Å². The minimum absolute atomic E-state index is 0.0702. The van der Waals surface area contributed by atoms with Crippen molar-refractivity contribution >= 4 is 34.2 Å². The maximum atomic E-state index is 5.77. The molecule has 6 heteroatoms. The van der Waals surface area contributed by atoms with Gasteiger partial charge in [-0.2, -0.15) is 4.98 Å². The second-order valence-corrected chi connectivity index (χ2v) is 2.92. The summed E-state index contributed by atoms with van der Waals surface area (Å²) in [5, 5.41) is 4.59. The van der Waals surface area contributed by atoms with E-state index in [1.54, 1.807) is 6.92 Å². The molecular weight excluding hydrogens is 201 g/mol. The SMILES string of the molecule is Cc1onc2nc(Cl)nc(Cl)c12. The number of rotatable bonds is 0. The second kappa shape index (κ2) is 2.57. The van der Waals surface area contributed by atoms with Gasteiger partial charge in [-0.3, -0.25) is 0 Å². The second-order valence-electron chi connectivity index (χ2n) is 2.22. The van der Waals surface area contributed by atoms with Gasteiger partial charge in [0.2, 0.25) is 10.9 Å². The van der Waals surface area contributed by atoms with Crippen molar-refractivity contribution in [1.29, 1.82) is 0 Å². The number of aryl methyl sites for hydroxylation is 1. The van der Waals surface area contributed by atoms with Gasteiger partial charge in [0, 0.05) is 0 Å². The third-order valence-electron chi connectivity index (χ3n) is 1.44. The lowest BCUT2D eigenvalue weighted by Gasteiger charge is -1.91. The first-order valence-corrected chi connectivity index (χ1v) is 3.89. The number of nitrogens with zero attached hydrogens (tertiary/aromatic N) is 3. The van der Waals surface area contributed by atoms with Crippen LogP contribution in [0, 0.1) is 6.92 Å². The summed E-state index contributed by atoms with van der Waals surface area (Å²) < 4.78 is 4.86. The Morgan fingerprint density at radius 2 is 2.00 bits per heavy atom. The van der Waals surface area contributed by atoms with Gasteiger partial charge in [0.25, 0.3) is 0 Å². The van der Waals surface area contributed by atoms with Gasteiger partial charge in [0.15, 0.2) is 0 Å². The van der Waals surface area contributed by atoms with E-state index in [2.05, 4.69) is 15.1 Å². The number of halogens is 2. The van der Waals surface area contributed by atoms with Gasteiger partial charge < -0.3 is 4.52 Å². The molecule has 0 aliphatic heterocycles. The summed E-state index contributed by atoms with van der Waals surface area (Å²) in [5.74, 6) is 0.590. The summed E-state index contributed by atoms with van der Waals surface area (Å²) in [7, 11) is 0. The molecule has 2 rings (SSSR count). The molecule has 12 heavy (non-hydrogen) atoms. The number of fused-ring (bicyclic) bond motifs is 1. The Hall–Kier alpha value is -0.870. The Morgan fingerprint density at radius 3 is 2.75 bits per heavy atom. The topological polar surface area (TPSA) is 51.8 Å². The van der Waals surface area contributed by atoms with E-state index in [-0.39, 0.29) is 10.4 Å². The van der Waals surface area contributed by atoms with E-state index in [0.717, 1.165) is 0 Å². The van der Waals surface area contributed by atoms with Gasteiger partial charge in [-0.05, 0) is 18.5 Å². The molecule has 0 unspecified atom stereocenters. The molecule has 0 spiro atoms. The lowest BCUT2D eigenvalue weighted by atomic mass is 10.3. The first kappa shape index (κ1) is 7.76. The molecule has 2 heterocycles. The van der Waals surface area contributed by atoms with Gasteiger partial charge in [0.05, 0.1) is 0 Å². The Kier molecular flexibility index (Phi) is 1.66. The van der Waals surface area contributed by atoms with Gasteiger partial charge in [0.1, 0.15) is 16.3 Å². The predicted octanol–water partition coefficient (Wildman–Crippen LogP) is 2.23. The highest BCUT2D eigenvalue weighted by Crippen LogP contribution is 2.24. The van der Waals surface area contributed by atoms with Crippen LogP contribution < -0.4 is 0 Å². The Morgan fingerprint density at radius 1 is 1.25 bits per heavy atom. The number of hydrogen-bond donors (Lipinski definition) is 0. The van der Waals surface area contributed by atoms with Gasteiger partial charge in [-0.25, -0.2) is 4.98 Å². The Bertz CT molecular complexity index is 440. The lowest BCUT2D eigenvalue weighted by Crippen LogP contribution is -1.84. The standard InChI is InChI=1S/C6H3Cl2N3O/c1-2-3-4(7)9-6(8)10-5(3)11-12-2/h1H3. The highest BCUT2D eigenvalue weighted by Gasteiger charge is 2.11. The monoisotopic (exact) mass is 203 g/mol. The molecule has 0 saturated heterocycles. The van der Waals surface area contributed by atoms with Crippen LogP contribution in [0.3, 0.4) is 0 Å². The molecule has 0 bridgehead atoms. The zero-order valence-electron chi connectivity index (χ0n) is 6.01. The van der Waals surface area contributed by atoms with Crippen molar-refractivity contribution in [3.05, 3.63) is 16.2 Å². The normalized spacial score (nSPS) is 10.9. The average molecular weight is 204 g/mol. The van der Waals surface area contributed by atoms with Gasteiger partial charge in [-0.15, -0.1) is 0 Å². The number of aromatic nitrogens is 3. The molecule has 4 nitrogen and oxygen atoms in total. The van der Waals surface area contributed by atoms with E-state index in [0.29, 0.717) is 16.8 Å². The molecule has 0 saturated carbocycles. The van der Waals surface area contributed by atoms with Crippen LogP contribution in [0.15, 0.2) is 4.52 Å². The number of hydrogen-bond acceptors (Lipinski definition) is 4. The fourth-order valence-electron chi connectivity index (χ4n) is 0.924. The third-order valence-corrected chi connectivity index (χ3v) is 1.88. The van der Waals surface area contributed by atoms with Crippen molar-refractivity contribution < 1.29 is 4.52 Å². The quantitative estimate of drug-likeness (QED) is 0.487. The maximum absolute atomic E-state index is 5.77. The van der Waals surface area contributed by atoms with E-state index in [9.17, 15) is 0 Å². The molecule has 2 aromatic heterocycles. The summed E-state index contributed by atoms with van der Waals surface area (Å²) in [5.41, 5.74) is 0.387. The van der Waals surface area contributed by atoms with Crippen molar-refractivity contribution in [3.63, 3.8) is 0 Å². The van der Waals surface area contributed by atoms with Crippen LogP contribution in [0.1, 0.15) is 5.76 Å². The Labute approximate surface area is 77.5 Å². The summed E-state index contributed by atoms with van der Waals surface area (Å²) in [6, 6.07) is 0. The Balaban J connectivity index is 2.93. The smallest absolute Gasteiger partial charge is 0.225 e. The molecule has 0 N–H and O–H groups in total. The molecule has 62 valence electrons. The minimum atomic E-state index is 0.0702. The summed E-state index contributed by atoms with van der Waals surface area (Å²) in [4.78, 5) is 7.58. The highest BCUT2D eigenvalue weighted by molar-refractivity contribution is 6.35. The average Bonchev–Trinajstić information content (AvgIpc) is 2.31. The fourth-order valence-corrected chi connectivity index (χ4v) is 1.43. The van der Waals surface area contributed by atoms with Crippen LogP contribution in [-0.2, 0) is 0 Å². The summed E-state index contributed by atoms with van der Waals surface area (Å²) >= 11 is 11.3. The van der Waals surface area contributed by atoms with Crippen molar-refractivity contribution in [2.24, 2.45) is 0 Å². The van der Waals surface area contributed by atoms with Crippen LogP contribution in [0.2, 0.25) is 10.4 Å². The van der Waals surface area contributed by atoms with Gasteiger partial charge >= 0.3 is 0 Å². The van der Waals surface area contributed by atoms with E-state index in [1.807, 2.05) is 0 Å². The maximum Gasteiger partial charge on any atom is 0.225 e. The van der Waals surface area contributed by atoms with Crippen molar-refractivity contribution in [1.82, 2.24) is 15.1 Å². The molecular formula is C6H3Cl2N3O. The van der Waals surface area contributed by atoms with Crippen molar-refractivity contribution in [2.45, 2.75) is 6.92 Å². The van der Waals surface area contributed by atoms with E-state index < -0.39 is 0 Å². The largest absolute Gasteiger partial charge is 0.359 e. The van der Waals surface area contributed by atoms with Crippen LogP contribution in [0.25, 0.3) is 11.0 Å². The molecule has 2 aromatic rings. The zero-order chi connectivity index (χ0) is 8.72. The minimum Gasteiger partial charge on any atom is -0.359 e. The third kappa shape index (κ3) is 1.04. The molecule has 0 aliphatic rings. The van der Waals surface area contributed by atoms with Crippen LogP contribution in [0.4, 0.5) is 0 Å². The summed E-state index contributed by atoms with van der Waals surface area (Å²) in [6.45, 7) is 1.73. The molecule has 0 aliphatic carbocycles. The van der Waals surface area contributed by atoms with E-state index in [4.69, 9.17) is 27.7 Å². The molecule has 0 amide bonds. The van der Waals surface area contributed by atoms with Crippen molar-refractivity contribution in [2.75, 3.05) is 0 Å². The van der Waals surface area contributed by atoms with Crippen LogP contribution in [0.5, 0.6) is 0 Å². The summed E-state index contributed by atoms with van der Waals surface area (Å²) in [6.07, 6.45) is 0. The first-order valence-electron chi connectivity index (χ1n) is 3.13. The highest BCUT2D eigenvalue weighted by atomic mass is 35.5. The molecule has 0 atom stereocenters. The van der Waals surface area contributed by atoms with E-state index >= 15 is 0 Å². The van der Waals surface area contributed by atoms with Crippen LogP contribution in [-0.4, -0.2) is 15.1 Å². The lowest BCUT2D eigenvalue weighted by molar-refractivity contribution is 0.404. The zero-order valence-corrected chi connectivity index (χ0v) is 7.52. The molecule has 0 aromatic carbocycles. The molecule has 0 fully saturated rings. The first-order chi connectivity index (χ1) is 5.68. The van der Waals surface area contributed by atoms with Gasteiger partial charge in [-0.1, -0.05) is 16.8 Å². The fraction of sp³-hybridized carbons (Fsp3) is 0.167. The predicted molar refractivity (Wildman–Crippen MR) is 44.4 cm³/mol.